The van der Waals surface area contributed by atoms with Gasteiger partial charge in [0.05, 0.1) is 24.1 Å². The summed E-state index contributed by atoms with van der Waals surface area (Å²) in [6.07, 6.45) is 6.48. The zero-order valence-corrected chi connectivity index (χ0v) is 19.4. The van der Waals surface area contributed by atoms with Crippen molar-refractivity contribution in [3.63, 3.8) is 0 Å². The summed E-state index contributed by atoms with van der Waals surface area (Å²) in [4.78, 5) is 20.2. The van der Waals surface area contributed by atoms with Crippen LogP contribution in [-0.2, 0) is 0 Å². The number of rotatable bonds is 7. The molecule has 0 unspecified atom stereocenters. The van der Waals surface area contributed by atoms with E-state index in [-0.39, 0.29) is 11.5 Å². The van der Waals surface area contributed by atoms with E-state index in [0.717, 1.165) is 42.2 Å². The van der Waals surface area contributed by atoms with Gasteiger partial charge in [0.25, 0.3) is 0 Å². The van der Waals surface area contributed by atoms with Crippen LogP contribution in [0, 0.1) is 0 Å². The van der Waals surface area contributed by atoms with Crippen LogP contribution in [-0.4, -0.2) is 49.3 Å². The SMILES string of the molecule is CN(c1ccc(N2CCCC2)cc1)c1ccc2c(c1)OCC[C@H]2CNc1cnccc1C(=O)O. The van der Waals surface area contributed by atoms with Crippen LogP contribution in [0.4, 0.5) is 22.7 Å². The van der Waals surface area contributed by atoms with Gasteiger partial charge in [-0.15, -0.1) is 0 Å². The maximum absolute atomic E-state index is 11.5. The summed E-state index contributed by atoms with van der Waals surface area (Å²) in [6.45, 7) is 3.54. The molecule has 0 spiro atoms. The number of hydrogen-bond acceptors (Lipinski definition) is 6. The number of carboxylic acids is 1. The van der Waals surface area contributed by atoms with Crippen molar-refractivity contribution in [2.24, 2.45) is 0 Å². The fraction of sp³-hybridized carbons (Fsp3) is 0.333. The normalized spacial score (nSPS) is 17.1. The molecule has 1 aromatic heterocycles. The van der Waals surface area contributed by atoms with Gasteiger partial charge in [-0.1, -0.05) is 6.07 Å². The van der Waals surface area contributed by atoms with E-state index in [2.05, 4.69) is 69.6 Å². The third-order valence-electron chi connectivity index (χ3n) is 6.85. The lowest BCUT2D eigenvalue weighted by Crippen LogP contribution is -2.22. The molecule has 0 aliphatic carbocycles. The molecular formula is C27H30N4O3. The van der Waals surface area contributed by atoms with Gasteiger partial charge >= 0.3 is 5.97 Å². The predicted molar refractivity (Wildman–Crippen MR) is 135 cm³/mol. The first-order valence-corrected chi connectivity index (χ1v) is 11.9. The van der Waals surface area contributed by atoms with Crippen molar-refractivity contribution in [1.29, 1.82) is 0 Å². The number of hydrogen-bond donors (Lipinski definition) is 2. The highest BCUT2D eigenvalue weighted by Gasteiger charge is 2.23. The second kappa shape index (κ2) is 9.63. The van der Waals surface area contributed by atoms with Gasteiger partial charge in [-0.25, -0.2) is 4.79 Å². The number of ether oxygens (including phenoxy) is 1. The van der Waals surface area contributed by atoms with E-state index in [1.54, 1.807) is 6.20 Å². The molecule has 2 N–H and O–H groups in total. The molecule has 2 aliphatic heterocycles. The Morgan fingerprint density at radius 3 is 2.68 bits per heavy atom. The van der Waals surface area contributed by atoms with Crippen molar-refractivity contribution >= 4 is 28.7 Å². The van der Waals surface area contributed by atoms with E-state index < -0.39 is 5.97 Å². The molecule has 7 nitrogen and oxygen atoms in total. The lowest BCUT2D eigenvalue weighted by Gasteiger charge is -2.29. The van der Waals surface area contributed by atoms with Gasteiger partial charge in [-0.05, 0) is 61.2 Å². The van der Waals surface area contributed by atoms with Crippen molar-refractivity contribution < 1.29 is 14.6 Å². The number of anilines is 4. The Hall–Kier alpha value is -3.74. The molecule has 0 radical (unpaired) electrons. The largest absolute Gasteiger partial charge is 0.493 e. The maximum atomic E-state index is 11.5. The van der Waals surface area contributed by atoms with Crippen LogP contribution in [0.3, 0.4) is 0 Å². The van der Waals surface area contributed by atoms with Crippen LogP contribution in [0.15, 0.2) is 60.9 Å². The molecule has 7 heteroatoms. The van der Waals surface area contributed by atoms with Crippen LogP contribution in [0.5, 0.6) is 5.75 Å². The Kier molecular flexibility index (Phi) is 6.25. The Labute approximate surface area is 200 Å². The van der Waals surface area contributed by atoms with Crippen LogP contribution < -0.4 is 19.9 Å². The summed E-state index contributed by atoms with van der Waals surface area (Å²) in [5.74, 6) is 0.156. The average molecular weight is 459 g/mol. The zero-order chi connectivity index (χ0) is 23.5. The third kappa shape index (κ3) is 4.51. The number of carboxylic acid groups (broad SMARTS) is 1. The van der Waals surface area contributed by atoms with Gasteiger partial charge in [-0.2, -0.15) is 0 Å². The van der Waals surface area contributed by atoms with E-state index in [1.807, 2.05) is 0 Å². The van der Waals surface area contributed by atoms with Crippen LogP contribution in [0.1, 0.15) is 41.1 Å². The highest BCUT2D eigenvalue weighted by atomic mass is 16.5. The number of carbonyl (C=O) groups is 1. The summed E-state index contributed by atoms with van der Waals surface area (Å²) >= 11 is 0. The van der Waals surface area contributed by atoms with Gasteiger partial charge in [0.2, 0.25) is 0 Å². The quantitative estimate of drug-likeness (QED) is 0.508. The molecule has 3 heterocycles. The minimum Gasteiger partial charge on any atom is -0.493 e. The molecule has 2 aliphatic rings. The fourth-order valence-electron chi connectivity index (χ4n) is 4.84. The van der Waals surface area contributed by atoms with Crippen LogP contribution in [0.2, 0.25) is 0 Å². The molecule has 176 valence electrons. The summed E-state index contributed by atoms with van der Waals surface area (Å²) < 4.78 is 6.01. The average Bonchev–Trinajstić information content (AvgIpc) is 3.42. The molecule has 3 aromatic rings. The van der Waals surface area contributed by atoms with Crippen molar-refractivity contribution in [1.82, 2.24) is 4.98 Å². The number of nitrogens with one attached hydrogen (secondary N) is 1. The zero-order valence-electron chi connectivity index (χ0n) is 19.4. The Morgan fingerprint density at radius 1 is 1.15 bits per heavy atom. The van der Waals surface area contributed by atoms with Crippen molar-refractivity contribution in [2.45, 2.75) is 25.2 Å². The Morgan fingerprint density at radius 2 is 1.91 bits per heavy atom. The lowest BCUT2D eigenvalue weighted by molar-refractivity contribution is 0.0697. The number of aromatic nitrogens is 1. The minimum absolute atomic E-state index is 0.227. The van der Waals surface area contributed by atoms with E-state index in [1.165, 1.54) is 30.8 Å². The summed E-state index contributed by atoms with van der Waals surface area (Å²) in [5.41, 5.74) is 5.41. The van der Waals surface area contributed by atoms with E-state index >= 15 is 0 Å². The van der Waals surface area contributed by atoms with Crippen LogP contribution >= 0.6 is 0 Å². The molecule has 1 saturated heterocycles. The minimum atomic E-state index is -0.960. The maximum Gasteiger partial charge on any atom is 0.337 e. The predicted octanol–water partition coefficient (Wildman–Crippen LogP) is 5.13. The van der Waals surface area contributed by atoms with Gasteiger partial charge < -0.3 is 25.0 Å². The highest BCUT2D eigenvalue weighted by Crippen LogP contribution is 2.38. The van der Waals surface area contributed by atoms with Crippen molar-refractivity contribution in [2.75, 3.05) is 48.4 Å². The molecule has 0 saturated carbocycles. The third-order valence-corrected chi connectivity index (χ3v) is 6.85. The molecule has 0 bridgehead atoms. The van der Waals surface area contributed by atoms with Crippen molar-refractivity contribution in [3.8, 4) is 5.75 Å². The lowest BCUT2D eigenvalue weighted by atomic mass is 9.92. The van der Waals surface area contributed by atoms with Gasteiger partial charge in [-0.3, -0.25) is 4.98 Å². The smallest absolute Gasteiger partial charge is 0.337 e. The number of fused-ring (bicyclic) bond motifs is 1. The van der Waals surface area contributed by atoms with Gasteiger partial charge in [0.1, 0.15) is 5.75 Å². The summed E-state index contributed by atoms with van der Waals surface area (Å²) in [5, 5.41) is 12.7. The first-order valence-electron chi connectivity index (χ1n) is 11.9. The molecule has 5 rings (SSSR count). The second-order valence-corrected chi connectivity index (χ2v) is 8.93. The van der Waals surface area contributed by atoms with E-state index in [4.69, 9.17) is 4.74 Å². The summed E-state index contributed by atoms with van der Waals surface area (Å²) in [6, 6.07) is 16.6. The standard InChI is InChI=1S/C27H30N4O3/c1-30(20-4-6-21(7-5-20)31-13-2-3-14-31)22-8-9-23-19(11-15-34-26(23)16-22)17-29-25-18-28-12-10-24(25)27(32)33/h4-10,12,16,18-19,29H,2-3,11,13-15,17H2,1H3,(H,32,33)/t19-/m0/s1. The second-order valence-electron chi connectivity index (χ2n) is 8.93. The molecule has 0 amide bonds. The van der Waals surface area contributed by atoms with E-state index in [0.29, 0.717) is 18.8 Å². The first kappa shape index (κ1) is 22.1. The monoisotopic (exact) mass is 458 g/mol. The first-order chi connectivity index (χ1) is 16.6. The number of aromatic carboxylic acids is 1. The van der Waals surface area contributed by atoms with Gasteiger partial charge in [0.15, 0.2) is 0 Å². The molecule has 1 atom stereocenters. The Bertz CT molecular complexity index is 1160. The van der Waals surface area contributed by atoms with Gasteiger partial charge in [0, 0.05) is 61.9 Å². The number of benzene rings is 2. The molecular weight excluding hydrogens is 428 g/mol. The number of pyridine rings is 1. The molecule has 1 fully saturated rings. The molecule has 2 aromatic carbocycles. The highest BCUT2D eigenvalue weighted by molar-refractivity contribution is 5.93. The van der Waals surface area contributed by atoms with Crippen molar-refractivity contribution in [3.05, 3.63) is 72.1 Å². The Balaban J connectivity index is 1.30. The molecule has 34 heavy (non-hydrogen) atoms. The van der Waals surface area contributed by atoms with Crippen LogP contribution in [0.25, 0.3) is 0 Å². The number of nitrogens with zero attached hydrogens (tertiary/aromatic N) is 3. The fourth-order valence-corrected chi connectivity index (χ4v) is 4.84. The summed E-state index contributed by atoms with van der Waals surface area (Å²) in [7, 11) is 2.07. The van der Waals surface area contributed by atoms with E-state index in [9.17, 15) is 9.90 Å². The topological polar surface area (TPSA) is 77.9 Å².